The Bertz CT molecular complexity index is 669. The van der Waals surface area contributed by atoms with E-state index in [9.17, 15) is 9.59 Å². The summed E-state index contributed by atoms with van der Waals surface area (Å²) in [7, 11) is 0. The molecule has 0 bridgehead atoms. The average Bonchev–Trinajstić information content (AvgIpc) is 2.74. The quantitative estimate of drug-likeness (QED) is 0.390. The highest BCUT2D eigenvalue weighted by Crippen LogP contribution is 2.33. The molecule has 1 fully saturated rings. The molecule has 0 spiro atoms. The van der Waals surface area contributed by atoms with Gasteiger partial charge in [-0.3, -0.25) is 14.5 Å². The maximum absolute atomic E-state index is 12.1. The fourth-order valence-electron chi connectivity index (χ4n) is 1.81. The Hall–Kier alpha value is -1.54. The lowest BCUT2D eigenvalue weighted by Crippen LogP contribution is -2.27. The highest BCUT2D eigenvalue weighted by atomic mass is 127. The van der Waals surface area contributed by atoms with Crippen LogP contribution in [0.2, 0.25) is 0 Å². The summed E-state index contributed by atoms with van der Waals surface area (Å²) in [5.74, 6) is 0.481. The van der Waals surface area contributed by atoms with Crippen molar-refractivity contribution in [1.29, 1.82) is 0 Å². The van der Waals surface area contributed by atoms with Gasteiger partial charge in [0, 0.05) is 6.54 Å². The summed E-state index contributed by atoms with van der Waals surface area (Å²) in [4.78, 5) is 25.5. The van der Waals surface area contributed by atoms with Crippen molar-refractivity contribution in [3.8, 4) is 5.75 Å². The third-order valence-corrected chi connectivity index (χ3v) is 4.55. The lowest BCUT2D eigenvalue weighted by molar-refractivity contribution is -0.122. The number of benzene rings is 1. The van der Waals surface area contributed by atoms with E-state index in [-0.39, 0.29) is 17.7 Å². The first-order chi connectivity index (χ1) is 10.6. The van der Waals surface area contributed by atoms with Gasteiger partial charge in [0.15, 0.2) is 0 Å². The highest BCUT2D eigenvalue weighted by molar-refractivity contribution is 14.1. The van der Waals surface area contributed by atoms with E-state index in [4.69, 9.17) is 4.74 Å². The summed E-state index contributed by atoms with van der Waals surface area (Å²) in [6.07, 6.45) is 4.93. The van der Waals surface area contributed by atoms with Gasteiger partial charge < -0.3 is 4.74 Å². The van der Waals surface area contributed by atoms with Crippen LogP contribution in [0.1, 0.15) is 5.56 Å². The first-order valence-electron chi connectivity index (χ1n) is 6.46. The maximum Gasteiger partial charge on any atom is 0.293 e. The minimum atomic E-state index is -0.281. The molecule has 6 heteroatoms. The van der Waals surface area contributed by atoms with E-state index in [0.717, 1.165) is 26.6 Å². The van der Waals surface area contributed by atoms with Gasteiger partial charge in [-0.25, -0.2) is 0 Å². The van der Waals surface area contributed by atoms with Crippen molar-refractivity contribution in [2.75, 3.05) is 13.2 Å². The molecule has 1 aromatic carbocycles. The van der Waals surface area contributed by atoms with E-state index < -0.39 is 0 Å². The minimum absolute atomic E-state index is 0.230. The smallest absolute Gasteiger partial charge is 0.293 e. The van der Waals surface area contributed by atoms with Gasteiger partial charge in [-0.1, -0.05) is 24.8 Å². The van der Waals surface area contributed by atoms with Crippen LogP contribution in [-0.4, -0.2) is 29.2 Å². The molecule has 2 amide bonds. The van der Waals surface area contributed by atoms with Crippen molar-refractivity contribution in [3.05, 3.63) is 57.5 Å². The third kappa shape index (κ3) is 3.80. The molecule has 0 N–H and O–H groups in total. The second-order valence-corrected chi connectivity index (χ2v) is 6.53. The molecule has 2 rings (SSSR count). The standard InChI is InChI=1S/C16H14INO3S/c1-3-7-18-15(19)14(22-16(18)20)10-11-5-6-13(12(17)9-11)21-8-4-2/h3-6,9-10H,1-2,7-8H2/b14-10+. The van der Waals surface area contributed by atoms with Gasteiger partial charge in [0.1, 0.15) is 12.4 Å². The number of carbonyl (C=O) groups excluding carboxylic acids is 2. The number of carbonyl (C=O) groups is 2. The molecular weight excluding hydrogens is 413 g/mol. The molecule has 0 aromatic heterocycles. The number of thioether (sulfide) groups is 1. The number of amides is 2. The summed E-state index contributed by atoms with van der Waals surface area (Å²) >= 11 is 3.11. The number of imide groups is 1. The molecular formula is C16H14INO3S. The van der Waals surface area contributed by atoms with Crippen LogP contribution in [0.5, 0.6) is 5.75 Å². The zero-order chi connectivity index (χ0) is 16.1. The largest absolute Gasteiger partial charge is 0.488 e. The van der Waals surface area contributed by atoms with Crippen molar-refractivity contribution in [3.63, 3.8) is 0 Å². The molecule has 4 nitrogen and oxygen atoms in total. The Labute approximate surface area is 147 Å². The van der Waals surface area contributed by atoms with Crippen molar-refractivity contribution >= 4 is 51.6 Å². The molecule has 1 aromatic rings. The number of nitrogens with zero attached hydrogens (tertiary/aromatic N) is 1. The predicted molar refractivity (Wildman–Crippen MR) is 97.7 cm³/mol. The van der Waals surface area contributed by atoms with E-state index in [1.165, 1.54) is 11.0 Å². The molecule has 1 heterocycles. The van der Waals surface area contributed by atoms with E-state index in [1.54, 1.807) is 12.2 Å². The number of ether oxygens (including phenoxy) is 1. The van der Waals surface area contributed by atoms with Crippen molar-refractivity contribution < 1.29 is 14.3 Å². The average molecular weight is 427 g/mol. The summed E-state index contributed by atoms with van der Waals surface area (Å²) in [6, 6.07) is 5.59. The van der Waals surface area contributed by atoms with Gasteiger partial charge in [-0.15, -0.1) is 6.58 Å². The van der Waals surface area contributed by atoms with Crippen LogP contribution in [0.3, 0.4) is 0 Å². The monoisotopic (exact) mass is 427 g/mol. The van der Waals surface area contributed by atoms with Gasteiger partial charge >= 0.3 is 0 Å². The van der Waals surface area contributed by atoms with E-state index in [0.29, 0.717) is 11.5 Å². The summed E-state index contributed by atoms with van der Waals surface area (Å²) in [6.45, 7) is 7.83. The first kappa shape index (κ1) is 16.8. The van der Waals surface area contributed by atoms with E-state index in [2.05, 4.69) is 35.7 Å². The Morgan fingerprint density at radius 1 is 1.27 bits per heavy atom. The minimum Gasteiger partial charge on any atom is -0.488 e. The van der Waals surface area contributed by atoms with E-state index >= 15 is 0 Å². The molecule has 0 aliphatic carbocycles. The molecule has 114 valence electrons. The van der Waals surface area contributed by atoms with Crippen molar-refractivity contribution in [2.24, 2.45) is 0 Å². The lowest BCUT2D eigenvalue weighted by atomic mass is 10.2. The summed E-state index contributed by atoms with van der Waals surface area (Å²) < 4.78 is 6.44. The van der Waals surface area contributed by atoms with E-state index in [1.807, 2.05) is 18.2 Å². The zero-order valence-electron chi connectivity index (χ0n) is 11.8. The Kier molecular flexibility index (Phi) is 5.84. The van der Waals surface area contributed by atoms with Gasteiger partial charge in [0.05, 0.1) is 8.48 Å². The van der Waals surface area contributed by atoms with Crippen molar-refractivity contribution in [2.45, 2.75) is 0 Å². The third-order valence-electron chi connectivity index (χ3n) is 2.80. The number of halogens is 1. The van der Waals surface area contributed by atoms with Crippen LogP contribution in [-0.2, 0) is 4.79 Å². The molecule has 0 saturated carbocycles. The predicted octanol–water partition coefficient (Wildman–Crippen LogP) is 4.08. The normalized spacial score (nSPS) is 16.2. The molecule has 0 unspecified atom stereocenters. The van der Waals surface area contributed by atoms with Gasteiger partial charge in [0.2, 0.25) is 0 Å². The molecule has 1 aliphatic heterocycles. The van der Waals surface area contributed by atoms with Crippen LogP contribution >= 0.6 is 34.4 Å². The van der Waals surface area contributed by atoms with Crippen LogP contribution in [0.25, 0.3) is 6.08 Å². The van der Waals surface area contributed by atoms with Gasteiger partial charge in [-0.05, 0) is 58.1 Å². The zero-order valence-corrected chi connectivity index (χ0v) is 14.7. The molecule has 22 heavy (non-hydrogen) atoms. The first-order valence-corrected chi connectivity index (χ1v) is 8.36. The van der Waals surface area contributed by atoms with Crippen LogP contribution in [0, 0.1) is 3.57 Å². The maximum atomic E-state index is 12.1. The number of hydrogen-bond acceptors (Lipinski definition) is 4. The number of rotatable bonds is 6. The number of hydrogen-bond donors (Lipinski definition) is 0. The summed E-state index contributed by atoms with van der Waals surface area (Å²) in [5.41, 5.74) is 0.847. The topological polar surface area (TPSA) is 46.6 Å². The molecule has 1 saturated heterocycles. The fraction of sp³-hybridized carbons (Fsp3) is 0.125. The molecule has 1 aliphatic rings. The summed E-state index contributed by atoms with van der Waals surface area (Å²) in [5, 5.41) is -0.267. The Morgan fingerprint density at radius 3 is 2.68 bits per heavy atom. The van der Waals surface area contributed by atoms with Gasteiger partial charge in [0.25, 0.3) is 11.1 Å². The lowest BCUT2D eigenvalue weighted by Gasteiger charge is -2.08. The second kappa shape index (κ2) is 7.64. The Morgan fingerprint density at radius 2 is 2.05 bits per heavy atom. The van der Waals surface area contributed by atoms with Crippen LogP contribution < -0.4 is 4.74 Å². The van der Waals surface area contributed by atoms with Gasteiger partial charge in [-0.2, -0.15) is 0 Å². The molecule has 0 radical (unpaired) electrons. The SMILES string of the molecule is C=CCOc1ccc(/C=C2/SC(=O)N(CC=C)C2=O)cc1I. The molecule has 0 atom stereocenters. The van der Waals surface area contributed by atoms with Crippen LogP contribution in [0.4, 0.5) is 4.79 Å². The highest BCUT2D eigenvalue weighted by Gasteiger charge is 2.33. The fourth-order valence-corrected chi connectivity index (χ4v) is 3.35. The second-order valence-electron chi connectivity index (χ2n) is 4.37. The van der Waals surface area contributed by atoms with Crippen LogP contribution in [0.15, 0.2) is 48.4 Å². The Balaban J connectivity index is 2.21. The van der Waals surface area contributed by atoms with Crippen molar-refractivity contribution in [1.82, 2.24) is 4.90 Å².